The third-order valence-electron chi connectivity index (χ3n) is 1.81. The third-order valence-corrected chi connectivity index (χ3v) is 2.46. The van der Waals surface area contributed by atoms with Gasteiger partial charge in [-0.3, -0.25) is 15.0 Å². The van der Waals surface area contributed by atoms with Gasteiger partial charge >= 0.3 is 12.7 Å². The number of benzene rings is 1. The number of ether oxygens (including phenoxy) is 1. The molecule has 0 aromatic heterocycles. The molecule has 0 spiro atoms. The Morgan fingerprint density at radius 2 is 2.29 bits per heavy atom. The average molecular weight is 300 g/mol. The highest BCUT2D eigenvalue weighted by atomic mass is 79.9. The monoisotopic (exact) mass is 299 g/mol. The van der Waals surface area contributed by atoms with E-state index in [2.05, 4.69) is 25.5 Å². The van der Waals surface area contributed by atoms with Crippen molar-refractivity contribution in [3.8, 4) is 0 Å². The number of nitrogen functional groups attached to an aromatic ring is 1. The van der Waals surface area contributed by atoms with Gasteiger partial charge in [-0.2, -0.15) is 0 Å². The Morgan fingerprint density at radius 3 is 2.82 bits per heavy atom. The summed E-state index contributed by atoms with van der Waals surface area (Å²) in [6.45, 7) is 6.00. The van der Waals surface area contributed by atoms with Crippen LogP contribution in [0.5, 0.6) is 0 Å². The van der Waals surface area contributed by atoms with E-state index in [1.807, 2.05) is 0 Å². The van der Waals surface area contributed by atoms with Crippen LogP contribution >= 0.6 is 15.9 Å². The maximum atomic E-state index is 11.5. The summed E-state index contributed by atoms with van der Waals surface area (Å²) in [5.74, 6) is -0.872. The lowest BCUT2D eigenvalue weighted by molar-refractivity contribution is -0.384. The van der Waals surface area contributed by atoms with Crippen LogP contribution in [0.3, 0.4) is 0 Å². The number of nitrogens with zero attached hydrogens (tertiary/aromatic N) is 2. The molecule has 0 aliphatic heterocycles. The van der Waals surface area contributed by atoms with Gasteiger partial charge in [0.1, 0.15) is 0 Å². The summed E-state index contributed by atoms with van der Waals surface area (Å²) in [6.07, 6.45) is 0. The fourth-order valence-corrected chi connectivity index (χ4v) is 1.49. The van der Waals surface area contributed by atoms with E-state index >= 15 is 0 Å². The second-order valence-corrected chi connectivity index (χ2v) is 3.72. The van der Waals surface area contributed by atoms with Gasteiger partial charge in [0, 0.05) is 16.6 Å². The van der Waals surface area contributed by atoms with Crippen molar-refractivity contribution in [2.75, 3.05) is 12.5 Å². The molecular weight excluding hydrogens is 294 g/mol. The lowest BCUT2D eigenvalue weighted by Gasteiger charge is -2.05. The number of nitro groups is 1. The summed E-state index contributed by atoms with van der Waals surface area (Å²) < 4.78 is 4.75. The number of halogens is 1. The number of hydrogen-bond donors (Lipinski definition) is 1. The molecule has 0 aliphatic rings. The number of nitrogens with two attached hydrogens (primary N) is 1. The largest absolute Gasteiger partial charge is 0.397 e. The van der Waals surface area contributed by atoms with Crippen molar-refractivity contribution in [2.24, 2.45) is 0 Å². The number of carbonyl (C=O) groups is 1. The molecule has 2 N–H and O–H groups in total. The summed E-state index contributed by atoms with van der Waals surface area (Å²) in [4.78, 5) is 24.2. The van der Waals surface area contributed by atoms with Crippen LogP contribution in [0.2, 0.25) is 0 Å². The maximum Gasteiger partial charge on any atom is 0.359 e. The van der Waals surface area contributed by atoms with Crippen LogP contribution in [-0.4, -0.2) is 17.6 Å². The van der Waals surface area contributed by atoms with E-state index in [9.17, 15) is 14.9 Å². The van der Waals surface area contributed by atoms with E-state index in [-0.39, 0.29) is 21.4 Å². The highest BCUT2D eigenvalue weighted by Gasteiger charge is 2.20. The minimum absolute atomic E-state index is 0.0329. The summed E-state index contributed by atoms with van der Waals surface area (Å²) in [5.41, 5.74) is 5.17. The SMILES string of the molecule is [C-]#[N+]COC(=O)c1cc([N+](=O)[O-])cc(Br)c1N. The van der Waals surface area contributed by atoms with E-state index in [1.54, 1.807) is 0 Å². The van der Waals surface area contributed by atoms with E-state index in [1.165, 1.54) is 6.07 Å². The predicted molar refractivity (Wildman–Crippen MR) is 62.1 cm³/mol. The molecule has 0 radical (unpaired) electrons. The summed E-state index contributed by atoms with van der Waals surface area (Å²) >= 11 is 3.00. The molecule has 88 valence electrons. The topological polar surface area (TPSA) is 99.8 Å². The molecule has 8 heteroatoms. The molecule has 0 amide bonds. The Kier molecular flexibility index (Phi) is 4.01. The standard InChI is InChI=1S/C9H6BrN3O4/c1-12-4-17-9(14)6-2-5(13(15)16)3-7(10)8(6)11/h2-3H,4,11H2. The first-order chi connectivity index (χ1) is 7.97. The minimum atomic E-state index is -0.872. The number of nitro benzene ring substituents is 1. The van der Waals surface area contributed by atoms with Crippen LogP contribution in [0.15, 0.2) is 16.6 Å². The first-order valence-corrected chi connectivity index (χ1v) is 5.00. The van der Waals surface area contributed by atoms with Gasteiger partial charge in [-0.15, -0.1) is 0 Å². The number of carbonyl (C=O) groups excluding carboxylic acids is 1. The lowest BCUT2D eigenvalue weighted by atomic mass is 10.1. The van der Waals surface area contributed by atoms with Crippen molar-refractivity contribution in [3.05, 3.63) is 43.7 Å². The molecule has 0 saturated heterocycles. The van der Waals surface area contributed by atoms with Crippen LogP contribution in [-0.2, 0) is 4.74 Å². The smallest absolute Gasteiger partial charge is 0.359 e. The second-order valence-electron chi connectivity index (χ2n) is 2.86. The van der Waals surface area contributed by atoms with Gasteiger partial charge in [0.25, 0.3) is 5.69 Å². The van der Waals surface area contributed by atoms with Gasteiger partial charge in [0.2, 0.25) is 0 Å². The molecule has 0 unspecified atom stereocenters. The lowest BCUT2D eigenvalue weighted by Crippen LogP contribution is -2.09. The first-order valence-electron chi connectivity index (χ1n) is 4.21. The second kappa shape index (κ2) is 5.27. The molecule has 17 heavy (non-hydrogen) atoms. The zero-order valence-electron chi connectivity index (χ0n) is 8.34. The van der Waals surface area contributed by atoms with Crippen molar-refractivity contribution in [1.82, 2.24) is 0 Å². The van der Waals surface area contributed by atoms with Crippen molar-refractivity contribution in [2.45, 2.75) is 0 Å². The Labute approximate surface area is 104 Å². The van der Waals surface area contributed by atoms with E-state index in [0.717, 1.165) is 6.07 Å². The molecule has 7 nitrogen and oxygen atoms in total. The number of esters is 1. The number of anilines is 1. The van der Waals surface area contributed by atoms with Gasteiger partial charge in [-0.25, -0.2) is 11.4 Å². The molecule has 0 heterocycles. The quantitative estimate of drug-likeness (QED) is 0.302. The van der Waals surface area contributed by atoms with Crippen LogP contribution in [0, 0.1) is 16.7 Å². The normalized spacial score (nSPS) is 9.41. The van der Waals surface area contributed by atoms with Gasteiger partial charge < -0.3 is 10.5 Å². The van der Waals surface area contributed by atoms with Crippen LogP contribution < -0.4 is 5.73 Å². The summed E-state index contributed by atoms with van der Waals surface area (Å²) in [6, 6.07) is 2.19. The summed E-state index contributed by atoms with van der Waals surface area (Å²) in [5, 5.41) is 10.6. The Balaban J connectivity index is 3.19. The fourth-order valence-electron chi connectivity index (χ4n) is 1.05. The zero-order chi connectivity index (χ0) is 13.0. The zero-order valence-corrected chi connectivity index (χ0v) is 9.93. The molecule has 0 bridgehead atoms. The molecule has 0 fully saturated rings. The van der Waals surface area contributed by atoms with Crippen LogP contribution in [0.25, 0.3) is 4.85 Å². The predicted octanol–water partition coefficient (Wildman–Crippen LogP) is 1.97. The van der Waals surface area contributed by atoms with Crippen LogP contribution in [0.4, 0.5) is 11.4 Å². The minimum Gasteiger partial charge on any atom is -0.397 e. The first kappa shape index (κ1) is 12.9. The average Bonchev–Trinajstić information content (AvgIpc) is 2.29. The summed E-state index contributed by atoms with van der Waals surface area (Å²) in [7, 11) is 0. The van der Waals surface area contributed by atoms with E-state index < -0.39 is 17.6 Å². The van der Waals surface area contributed by atoms with Gasteiger partial charge in [0.05, 0.1) is 16.2 Å². The van der Waals surface area contributed by atoms with Gasteiger partial charge in [-0.05, 0) is 15.9 Å². The van der Waals surface area contributed by atoms with Crippen molar-refractivity contribution >= 4 is 33.3 Å². The van der Waals surface area contributed by atoms with Crippen molar-refractivity contribution < 1.29 is 14.5 Å². The Bertz CT molecular complexity index is 524. The van der Waals surface area contributed by atoms with Crippen molar-refractivity contribution in [1.29, 1.82) is 0 Å². The molecule has 1 aromatic carbocycles. The molecule has 0 saturated carbocycles. The van der Waals surface area contributed by atoms with Crippen LogP contribution in [0.1, 0.15) is 10.4 Å². The van der Waals surface area contributed by atoms with Crippen molar-refractivity contribution in [3.63, 3.8) is 0 Å². The highest BCUT2D eigenvalue weighted by molar-refractivity contribution is 9.10. The van der Waals surface area contributed by atoms with Gasteiger partial charge in [-0.1, -0.05) is 0 Å². The fraction of sp³-hybridized carbons (Fsp3) is 0.111. The Morgan fingerprint density at radius 1 is 1.65 bits per heavy atom. The number of hydrogen-bond acceptors (Lipinski definition) is 5. The molecular formula is C9H6BrN3O4. The van der Waals surface area contributed by atoms with E-state index in [0.29, 0.717) is 0 Å². The van der Waals surface area contributed by atoms with Gasteiger partial charge in [0.15, 0.2) is 0 Å². The number of non-ortho nitro benzene ring substituents is 1. The molecule has 0 atom stereocenters. The number of rotatable bonds is 3. The molecule has 0 aliphatic carbocycles. The highest BCUT2D eigenvalue weighted by Crippen LogP contribution is 2.29. The Hall–Kier alpha value is -2.14. The van der Waals surface area contributed by atoms with E-state index in [4.69, 9.17) is 12.3 Å². The molecule has 1 aromatic rings. The molecule has 1 rings (SSSR count). The third kappa shape index (κ3) is 2.92. The maximum absolute atomic E-state index is 11.5.